The summed E-state index contributed by atoms with van der Waals surface area (Å²) in [6.07, 6.45) is 2.95. The van der Waals surface area contributed by atoms with Crippen molar-refractivity contribution in [1.29, 1.82) is 10.5 Å². The minimum atomic E-state index is -0.376. The Morgan fingerprint density at radius 2 is 1.96 bits per heavy atom. The molecule has 1 fully saturated rings. The predicted molar refractivity (Wildman–Crippen MR) is 95.8 cm³/mol. The SMILES string of the molecule is CCC(C(=O)OCC(C)C)N(CC1CC1)c1ccc(C#N)c(C#N)c1. The number of carbonyl (C=O) groups excluding carboxylic acids is 1. The van der Waals surface area contributed by atoms with Gasteiger partial charge in [0.25, 0.3) is 0 Å². The highest BCUT2D eigenvalue weighted by Gasteiger charge is 2.32. The number of rotatable bonds is 8. The van der Waals surface area contributed by atoms with E-state index in [0.29, 0.717) is 36.0 Å². The number of nitrogens with zero attached hydrogens (tertiary/aromatic N) is 3. The standard InChI is InChI=1S/C20H25N3O2/c1-4-19(20(24)25-13-14(2)3)23(12-15-5-6-15)18-8-7-16(10-21)17(9-18)11-22/h7-9,14-15,19H,4-6,12-13H2,1-3H3. The van der Waals surface area contributed by atoms with Gasteiger partial charge in [-0.25, -0.2) is 4.79 Å². The topological polar surface area (TPSA) is 77.1 Å². The Hall–Kier alpha value is -2.53. The molecular formula is C20H25N3O2. The first kappa shape index (κ1) is 18.8. The molecule has 5 heteroatoms. The zero-order chi connectivity index (χ0) is 18.4. The van der Waals surface area contributed by atoms with Gasteiger partial charge in [0.15, 0.2) is 0 Å². The number of benzene rings is 1. The molecule has 1 aromatic carbocycles. The Balaban J connectivity index is 2.29. The van der Waals surface area contributed by atoms with Crippen LogP contribution in [0.4, 0.5) is 5.69 Å². The number of esters is 1. The number of ether oxygens (including phenoxy) is 1. The first-order valence-corrected chi connectivity index (χ1v) is 8.87. The van der Waals surface area contributed by atoms with Crippen LogP contribution in [0.3, 0.4) is 0 Å². The fourth-order valence-electron chi connectivity index (χ4n) is 2.75. The molecule has 0 saturated heterocycles. The molecular weight excluding hydrogens is 314 g/mol. The number of anilines is 1. The molecule has 0 aliphatic heterocycles. The Morgan fingerprint density at radius 3 is 2.48 bits per heavy atom. The summed E-state index contributed by atoms with van der Waals surface area (Å²) in [6.45, 7) is 7.16. The molecule has 2 rings (SSSR count). The van der Waals surface area contributed by atoms with Gasteiger partial charge in [-0.3, -0.25) is 0 Å². The third-order valence-electron chi connectivity index (χ3n) is 4.32. The van der Waals surface area contributed by atoms with Gasteiger partial charge in [0, 0.05) is 12.2 Å². The summed E-state index contributed by atoms with van der Waals surface area (Å²) in [7, 11) is 0. The third-order valence-corrected chi connectivity index (χ3v) is 4.32. The van der Waals surface area contributed by atoms with E-state index >= 15 is 0 Å². The minimum Gasteiger partial charge on any atom is -0.464 e. The van der Waals surface area contributed by atoms with Crippen molar-refractivity contribution in [2.75, 3.05) is 18.1 Å². The summed E-state index contributed by atoms with van der Waals surface area (Å²) in [4.78, 5) is 14.6. The molecule has 1 unspecified atom stereocenters. The summed E-state index contributed by atoms with van der Waals surface area (Å²) in [6, 6.07) is 8.91. The molecule has 1 aliphatic carbocycles. The van der Waals surface area contributed by atoms with Crippen LogP contribution in [0.25, 0.3) is 0 Å². The minimum absolute atomic E-state index is 0.222. The lowest BCUT2D eigenvalue weighted by molar-refractivity contribution is -0.146. The van der Waals surface area contributed by atoms with Gasteiger partial charge in [0.2, 0.25) is 0 Å². The molecule has 1 saturated carbocycles. The zero-order valence-electron chi connectivity index (χ0n) is 15.2. The van der Waals surface area contributed by atoms with Crippen molar-refractivity contribution in [2.24, 2.45) is 11.8 Å². The first-order chi connectivity index (χ1) is 12.0. The summed E-state index contributed by atoms with van der Waals surface area (Å²) >= 11 is 0. The Labute approximate surface area is 149 Å². The largest absolute Gasteiger partial charge is 0.464 e. The van der Waals surface area contributed by atoms with Crippen LogP contribution in [0.5, 0.6) is 0 Å². The van der Waals surface area contributed by atoms with Crippen LogP contribution in [-0.4, -0.2) is 25.2 Å². The third kappa shape index (κ3) is 4.97. The number of hydrogen-bond acceptors (Lipinski definition) is 5. The summed E-state index contributed by atoms with van der Waals surface area (Å²) in [5, 5.41) is 18.4. The van der Waals surface area contributed by atoms with E-state index in [-0.39, 0.29) is 12.0 Å². The second kappa shape index (κ2) is 8.53. The van der Waals surface area contributed by atoms with Crippen molar-refractivity contribution in [3.8, 4) is 12.1 Å². The van der Waals surface area contributed by atoms with E-state index in [1.807, 2.05) is 37.8 Å². The van der Waals surface area contributed by atoms with E-state index in [9.17, 15) is 10.1 Å². The maximum absolute atomic E-state index is 12.6. The van der Waals surface area contributed by atoms with Crippen LogP contribution < -0.4 is 4.90 Å². The average Bonchev–Trinajstić information content (AvgIpc) is 3.43. The summed E-state index contributed by atoms with van der Waals surface area (Å²) in [5.74, 6) is 0.645. The lowest BCUT2D eigenvalue weighted by atomic mass is 10.1. The predicted octanol–water partition coefficient (Wildman–Crippen LogP) is 3.62. The summed E-state index contributed by atoms with van der Waals surface area (Å²) in [5.41, 5.74) is 1.50. The van der Waals surface area contributed by atoms with Gasteiger partial charge in [-0.2, -0.15) is 10.5 Å². The average molecular weight is 339 g/mol. The van der Waals surface area contributed by atoms with Crippen molar-refractivity contribution >= 4 is 11.7 Å². The molecule has 1 aliphatic rings. The van der Waals surface area contributed by atoms with E-state index in [0.717, 1.165) is 25.1 Å². The van der Waals surface area contributed by atoms with E-state index in [2.05, 4.69) is 6.07 Å². The smallest absolute Gasteiger partial charge is 0.328 e. The van der Waals surface area contributed by atoms with E-state index in [1.165, 1.54) is 0 Å². The van der Waals surface area contributed by atoms with Crippen LogP contribution in [0.15, 0.2) is 18.2 Å². The molecule has 0 radical (unpaired) electrons. The number of hydrogen-bond donors (Lipinski definition) is 0. The Bertz CT molecular complexity index is 696. The van der Waals surface area contributed by atoms with Crippen LogP contribution in [-0.2, 0) is 9.53 Å². The molecule has 0 heterocycles. The van der Waals surface area contributed by atoms with Crippen molar-refractivity contribution < 1.29 is 9.53 Å². The summed E-state index contributed by atoms with van der Waals surface area (Å²) < 4.78 is 5.46. The van der Waals surface area contributed by atoms with Crippen molar-refractivity contribution in [3.05, 3.63) is 29.3 Å². The second-order valence-electron chi connectivity index (χ2n) is 7.00. The molecule has 1 atom stereocenters. The van der Waals surface area contributed by atoms with E-state index < -0.39 is 0 Å². The fourth-order valence-corrected chi connectivity index (χ4v) is 2.75. The van der Waals surface area contributed by atoms with Crippen LogP contribution in [0.2, 0.25) is 0 Å². The van der Waals surface area contributed by atoms with Crippen molar-refractivity contribution in [3.63, 3.8) is 0 Å². The van der Waals surface area contributed by atoms with Gasteiger partial charge >= 0.3 is 5.97 Å². The second-order valence-corrected chi connectivity index (χ2v) is 7.00. The molecule has 0 aromatic heterocycles. The van der Waals surface area contributed by atoms with Gasteiger partial charge in [0.1, 0.15) is 18.2 Å². The van der Waals surface area contributed by atoms with Gasteiger partial charge in [-0.15, -0.1) is 0 Å². The lowest BCUT2D eigenvalue weighted by Gasteiger charge is -2.32. The Morgan fingerprint density at radius 1 is 1.28 bits per heavy atom. The Kier molecular flexibility index (Phi) is 6.42. The van der Waals surface area contributed by atoms with E-state index in [4.69, 9.17) is 10.00 Å². The molecule has 5 nitrogen and oxygen atoms in total. The fraction of sp³-hybridized carbons (Fsp3) is 0.550. The highest BCUT2D eigenvalue weighted by molar-refractivity contribution is 5.80. The van der Waals surface area contributed by atoms with Gasteiger partial charge in [-0.1, -0.05) is 20.8 Å². The molecule has 132 valence electrons. The molecule has 0 spiro atoms. The van der Waals surface area contributed by atoms with Crippen LogP contribution >= 0.6 is 0 Å². The monoisotopic (exact) mass is 339 g/mol. The normalized spacial score (nSPS) is 14.5. The van der Waals surface area contributed by atoms with Crippen molar-refractivity contribution in [1.82, 2.24) is 0 Å². The molecule has 25 heavy (non-hydrogen) atoms. The highest BCUT2D eigenvalue weighted by Crippen LogP contribution is 2.33. The van der Waals surface area contributed by atoms with Gasteiger partial charge in [0.05, 0.1) is 17.7 Å². The maximum Gasteiger partial charge on any atom is 0.328 e. The first-order valence-electron chi connectivity index (χ1n) is 8.87. The maximum atomic E-state index is 12.6. The molecule has 0 amide bonds. The van der Waals surface area contributed by atoms with Crippen molar-refractivity contribution in [2.45, 2.75) is 46.1 Å². The van der Waals surface area contributed by atoms with Crippen LogP contribution in [0.1, 0.15) is 51.2 Å². The molecule has 0 N–H and O–H groups in total. The van der Waals surface area contributed by atoms with Crippen LogP contribution in [0, 0.1) is 34.5 Å². The number of nitriles is 2. The quantitative estimate of drug-likeness (QED) is 0.676. The van der Waals surface area contributed by atoms with Gasteiger partial charge in [-0.05, 0) is 49.3 Å². The van der Waals surface area contributed by atoms with E-state index in [1.54, 1.807) is 12.1 Å². The zero-order valence-corrected chi connectivity index (χ0v) is 15.2. The number of carbonyl (C=O) groups is 1. The molecule has 1 aromatic rings. The highest BCUT2D eigenvalue weighted by atomic mass is 16.5. The molecule has 0 bridgehead atoms. The lowest BCUT2D eigenvalue weighted by Crippen LogP contribution is -2.43. The van der Waals surface area contributed by atoms with Gasteiger partial charge < -0.3 is 9.64 Å².